The standard InChI is InChI=1S/C18H17ClN6O4S5/c1-2-30-17-23-24-18(34-17)33-5-7-4-31-14-10(13(27)25(14)11(7)15(28)29)22-12(26)8(3-19)9-6-32-16(20)21-9/h3,6,10,14H,2,4-5H2,1H3,(H2,20,21)(H,22,26)(H,28,29)/t10?,14-/m0/s1. The Kier molecular flexibility index (Phi) is 8.09. The fourth-order valence-electron chi connectivity index (χ4n) is 3.23. The van der Waals surface area contributed by atoms with Gasteiger partial charge in [-0.2, -0.15) is 0 Å². The second-order valence-electron chi connectivity index (χ2n) is 6.77. The third-order valence-corrected chi connectivity index (χ3v) is 10.1. The van der Waals surface area contributed by atoms with Crippen LogP contribution in [-0.4, -0.2) is 71.6 Å². The summed E-state index contributed by atoms with van der Waals surface area (Å²) in [6, 6.07) is -0.875. The van der Waals surface area contributed by atoms with Gasteiger partial charge in [0.2, 0.25) is 0 Å². The van der Waals surface area contributed by atoms with Gasteiger partial charge in [0.05, 0.1) is 11.3 Å². The van der Waals surface area contributed by atoms with Crippen LogP contribution in [0.5, 0.6) is 0 Å². The summed E-state index contributed by atoms with van der Waals surface area (Å²) in [5.74, 6) is -0.588. The molecule has 2 aliphatic rings. The molecule has 34 heavy (non-hydrogen) atoms. The van der Waals surface area contributed by atoms with Crippen LogP contribution in [0.25, 0.3) is 5.57 Å². The summed E-state index contributed by atoms with van der Waals surface area (Å²) in [5, 5.41) is 22.1. The predicted octanol–water partition coefficient (Wildman–Crippen LogP) is 2.80. The molecule has 0 aromatic carbocycles. The van der Waals surface area contributed by atoms with Crippen molar-refractivity contribution in [1.29, 1.82) is 0 Å². The van der Waals surface area contributed by atoms with Crippen molar-refractivity contribution in [2.24, 2.45) is 0 Å². The van der Waals surface area contributed by atoms with E-state index in [-0.39, 0.29) is 16.4 Å². The van der Waals surface area contributed by atoms with Gasteiger partial charge in [-0.25, -0.2) is 9.78 Å². The molecule has 16 heteroatoms. The SMILES string of the molecule is CCSc1nnc(SCC2=C(C(=O)O)N3C(=O)C(NC(=O)C(=CCl)c4csc(N)n4)[C@@H]3SC2)s1. The minimum Gasteiger partial charge on any atom is -0.477 e. The second-order valence-corrected chi connectivity index (χ2v) is 12.7. The van der Waals surface area contributed by atoms with Crippen LogP contribution < -0.4 is 11.1 Å². The molecule has 2 aromatic heterocycles. The lowest BCUT2D eigenvalue weighted by atomic mass is 10.0. The molecule has 4 N–H and O–H groups in total. The number of hydrogen-bond acceptors (Lipinski definition) is 12. The van der Waals surface area contributed by atoms with Crippen LogP contribution in [0, 0.1) is 0 Å². The number of carboxylic acids is 1. The van der Waals surface area contributed by atoms with E-state index in [1.807, 2.05) is 6.92 Å². The fourth-order valence-corrected chi connectivity index (χ4v) is 8.41. The number of nitrogens with zero attached hydrogens (tertiary/aromatic N) is 4. The smallest absolute Gasteiger partial charge is 0.352 e. The van der Waals surface area contributed by atoms with Crippen molar-refractivity contribution in [1.82, 2.24) is 25.4 Å². The van der Waals surface area contributed by atoms with Crippen molar-refractivity contribution in [3.63, 3.8) is 0 Å². The number of aliphatic carboxylic acids is 1. The van der Waals surface area contributed by atoms with E-state index in [9.17, 15) is 19.5 Å². The number of β-lactam (4-membered cyclic amide) rings is 1. The zero-order valence-electron chi connectivity index (χ0n) is 17.4. The van der Waals surface area contributed by atoms with Gasteiger partial charge in [0.1, 0.15) is 17.1 Å². The van der Waals surface area contributed by atoms with Crippen molar-refractivity contribution < 1.29 is 19.5 Å². The molecule has 10 nitrogen and oxygen atoms in total. The zero-order chi connectivity index (χ0) is 24.4. The Hall–Kier alpha value is -1.78. The number of carboxylic acid groups (broad SMARTS) is 1. The molecule has 0 spiro atoms. The Morgan fingerprint density at radius 3 is 2.74 bits per heavy atom. The minimum absolute atomic E-state index is 0.0418. The highest BCUT2D eigenvalue weighted by atomic mass is 35.5. The lowest BCUT2D eigenvalue weighted by Crippen LogP contribution is -2.70. The summed E-state index contributed by atoms with van der Waals surface area (Å²) >= 11 is 12.8. The number of carbonyl (C=O) groups excluding carboxylic acids is 2. The van der Waals surface area contributed by atoms with Gasteiger partial charge in [0.25, 0.3) is 11.8 Å². The van der Waals surface area contributed by atoms with Gasteiger partial charge in [-0.1, -0.05) is 53.4 Å². The number of aromatic nitrogens is 3. The quantitative estimate of drug-likeness (QED) is 0.229. The Bertz CT molecular complexity index is 1200. The van der Waals surface area contributed by atoms with Crippen LogP contribution in [0.4, 0.5) is 5.13 Å². The van der Waals surface area contributed by atoms with Gasteiger partial charge in [-0.15, -0.1) is 33.3 Å². The molecule has 2 aliphatic heterocycles. The number of anilines is 1. The number of nitrogens with two attached hydrogens (primary N) is 1. The van der Waals surface area contributed by atoms with Gasteiger partial charge in [0, 0.05) is 22.4 Å². The van der Waals surface area contributed by atoms with Crippen molar-refractivity contribution >= 4 is 98.0 Å². The predicted molar refractivity (Wildman–Crippen MR) is 137 cm³/mol. The molecular formula is C18H17ClN6O4S5. The van der Waals surface area contributed by atoms with Crippen LogP contribution in [0.3, 0.4) is 0 Å². The topological polar surface area (TPSA) is 151 Å². The summed E-state index contributed by atoms with van der Waals surface area (Å²) in [4.78, 5) is 42.9. The summed E-state index contributed by atoms with van der Waals surface area (Å²) < 4.78 is 1.60. The number of carbonyl (C=O) groups is 3. The van der Waals surface area contributed by atoms with Crippen molar-refractivity contribution in [3.05, 3.63) is 27.9 Å². The van der Waals surface area contributed by atoms with E-state index in [0.29, 0.717) is 22.8 Å². The van der Waals surface area contributed by atoms with Gasteiger partial charge >= 0.3 is 5.97 Å². The molecule has 2 aromatic rings. The number of nitrogens with one attached hydrogen (secondary N) is 1. The number of halogens is 1. The second kappa shape index (κ2) is 10.9. The Morgan fingerprint density at radius 1 is 1.38 bits per heavy atom. The monoisotopic (exact) mass is 576 g/mol. The molecule has 1 unspecified atom stereocenters. The Labute approximate surface area is 219 Å². The molecule has 2 atom stereocenters. The first-order valence-corrected chi connectivity index (χ1v) is 14.8. The first-order chi connectivity index (χ1) is 16.3. The van der Waals surface area contributed by atoms with Crippen LogP contribution in [0.2, 0.25) is 0 Å². The lowest BCUT2D eigenvalue weighted by molar-refractivity contribution is -0.150. The molecule has 0 saturated carbocycles. The molecule has 0 aliphatic carbocycles. The maximum atomic E-state index is 12.9. The third kappa shape index (κ3) is 5.09. The maximum absolute atomic E-state index is 12.9. The van der Waals surface area contributed by atoms with Crippen LogP contribution in [0.15, 0.2) is 30.9 Å². The minimum atomic E-state index is -1.18. The number of rotatable bonds is 9. The largest absolute Gasteiger partial charge is 0.477 e. The van der Waals surface area contributed by atoms with Crippen molar-refractivity contribution in [2.45, 2.75) is 27.0 Å². The van der Waals surface area contributed by atoms with Gasteiger partial charge in [-0.05, 0) is 11.3 Å². The lowest BCUT2D eigenvalue weighted by Gasteiger charge is -2.49. The van der Waals surface area contributed by atoms with Crippen molar-refractivity contribution in [2.75, 3.05) is 23.0 Å². The summed E-state index contributed by atoms with van der Waals surface area (Å²) in [6.07, 6.45) is 0. The highest BCUT2D eigenvalue weighted by Gasteiger charge is 2.54. The van der Waals surface area contributed by atoms with Gasteiger partial charge in [0.15, 0.2) is 13.8 Å². The summed E-state index contributed by atoms with van der Waals surface area (Å²) in [7, 11) is 0. The average molecular weight is 577 g/mol. The Balaban J connectivity index is 1.45. The molecule has 1 fully saturated rings. The summed E-state index contributed by atoms with van der Waals surface area (Å²) in [5.41, 5.74) is 7.66. The molecule has 0 radical (unpaired) electrons. The van der Waals surface area contributed by atoms with E-state index in [1.165, 1.54) is 39.8 Å². The van der Waals surface area contributed by atoms with E-state index >= 15 is 0 Å². The highest BCUT2D eigenvalue weighted by molar-refractivity contribution is 8.03. The fraction of sp³-hybridized carbons (Fsp3) is 0.333. The summed E-state index contributed by atoms with van der Waals surface area (Å²) in [6.45, 7) is 2.03. The molecule has 180 valence electrons. The van der Waals surface area contributed by atoms with Crippen LogP contribution >= 0.6 is 69.6 Å². The molecule has 4 rings (SSSR count). The van der Waals surface area contributed by atoms with E-state index in [1.54, 1.807) is 17.1 Å². The van der Waals surface area contributed by atoms with Gasteiger partial charge in [-0.3, -0.25) is 14.5 Å². The molecule has 2 amide bonds. The number of nitrogen functional groups attached to an aromatic ring is 1. The normalized spacial score (nSPS) is 20.2. The zero-order valence-corrected chi connectivity index (χ0v) is 22.2. The van der Waals surface area contributed by atoms with E-state index in [4.69, 9.17) is 17.3 Å². The third-order valence-electron chi connectivity index (χ3n) is 4.71. The Morgan fingerprint density at radius 2 is 2.12 bits per heavy atom. The number of thioether (sulfide) groups is 3. The number of thiazole rings is 1. The number of hydrogen-bond donors (Lipinski definition) is 3. The van der Waals surface area contributed by atoms with E-state index in [0.717, 1.165) is 31.3 Å². The molecule has 0 bridgehead atoms. The first kappa shape index (κ1) is 25.3. The first-order valence-electron chi connectivity index (χ1n) is 9.65. The highest BCUT2D eigenvalue weighted by Crippen LogP contribution is 2.42. The van der Waals surface area contributed by atoms with Crippen molar-refractivity contribution in [3.8, 4) is 0 Å². The maximum Gasteiger partial charge on any atom is 0.352 e. The molecule has 1 saturated heterocycles. The number of fused-ring (bicyclic) bond motifs is 1. The molecule has 4 heterocycles. The van der Waals surface area contributed by atoms with Crippen LogP contribution in [0.1, 0.15) is 12.6 Å². The molecular weight excluding hydrogens is 560 g/mol. The average Bonchev–Trinajstić information content (AvgIpc) is 3.44. The number of amides is 2. The van der Waals surface area contributed by atoms with Gasteiger partial charge < -0.3 is 16.2 Å². The van der Waals surface area contributed by atoms with E-state index < -0.39 is 29.2 Å². The van der Waals surface area contributed by atoms with E-state index in [2.05, 4.69) is 20.5 Å². The van der Waals surface area contributed by atoms with Crippen LogP contribution in [-0.2, 0) is 14.4 Å².